The van der Waals surface area contributed by atoms with Gasteiger partial charge in [0.15, 0.2) is 0 Å². The van der Waals surface area contributed by atoms with Crippen LogP contribution in [0.5, 0.6) is 0 Å². The van der Waals surface area contributed by atoms with Gasteiger partial charge in [0.05, 0.1) is 12.5 Å². The Labute approximate surface area is 204 Å². The minimum atomic E-state index is -0.528. The van der Waals surface area contributed by atoms with Gasteiger partial charge < -0.3 is 20.3 Å². The Kier molecular flexibility index (Phi) is 8.38. The molecule has 4 rings (SSSR count). The number of anilines is 1. The maximum Gasteiger partial charge on any atom is 0.231 e. The van der Waals surface area contributed by atoms with Crippen molar-refractivity contribution in [3.05, 3.63) is 120 Å². The van der Waals surface area contributed by atoms with Crippen molar-refractivity contribution in [1.82, 2.24) is 14.9 Å². The van der Waals surface area contributed by atoms with Crippen molar-refractivity contribution in [2.24, 2.45) is 0 Å². The van der Waals surface area contributed by atoms with Gasteiger partial charge in [-0.2, -0.15) is 0 Å². The summed E-state index contributed by atoms with van der Waals surface area (Å²) >= 11 is 0. The van der Waals surface area contributed by atoms with E-state index in [-0.39, 0.29) is 18.1 Å². The highest BCUT2D eigenvalue weighted by Crippen LogP contribution is 2.13. The van der Waals surface area contributed by atoms with E-state index in [1.165, 1.54) is 12.1 Å². The van der Waals surface area contributed by atoms with E-state index in [2.05, 4.69) is 15.6 Å². The zero-order valence-electron chi connectivity index (χ0n) is 19.4. The van der Waals surface area contributed by atoms with Gasteiger partial charge in [0, 0.05) is 31.2 Å². The standard InChI is InChI=1S/C28H29FN4O2/c29-24-10-6-22(7-11-24)20-33-17-16-31-27(33)18-28(35)32-25-12-8-21(9-13-25)14-15-30-19-26(34)23-4-2-1-3-5-23/h1-13,16-17,26,30,34H,14-15,18-20H2,(H,32,35)/t26-/m0/s1. The third kappa shape index (κ3) is 7.34. The predicted molar refractivity (Wildman–Crippen MR) is 134 cm³/mol. The lowest BCUT2D eigenvalue weighted by Gasteiger charge is -2.12. The minimum absolute atomic E-state index is 0.142. The number of imidazole rings is 1. The fraction of sp³-hybridized carbons (Fsp3) is 0.214. The number of halogens is 1. The number of nitrogens with one attached hydrogen (secondary N) is 2. The molecule has 6 nitrogen and oxygen atoms in total. The molecule has 1 aromatic heterocycles. The Morgan fingerprint density at radius 3 is 2.43 bits per heavy atom. The Balaban J connectivity index is 1.21. The molecule has 7 heteroatoms. The molecule has 0 unspecified atom stereocenters. The molecule has 35 heavy (non-hydrogen) atoms. The molecular weight excluding hydrogens is 443 g/mol. The van der Waals surface area contributed by atoms with E-state index in [1.807, 2.05) is 65.4 Å². The first-order valence-electron chi connectivity index (χ1n) is 11.6. The smallest absolute Gasteiger partial charge is 0.231 e. The van der Waals surface area contributed by atoms with E-state index < -0.39 is 6.10 Å². The molecule has 0 aliphatic heterocycles. The highest BCUT2D eigenvalue weighted by molar-refractivity contribution is 5.91. The molecule has 1 amide bonds. The average molecular weight is 473 g/mol. The molecule has 0 aliphatic carbocycles. The summed E-state index contributed by atoms with van der Waals surface area (Å²) in [4.78, 5) is 16.9. The topological polar surface area (TPSA) is 79.2 Å². The fourth-order valence-corrected chi connectivity index (χ4v) is 3.81. The third-order valence-corrected chi connectivity index (χ3v) is 5.74. The molecule has 1 atom stereocenters. The summed E-state index contributed by atoms with van der Waals surface area (Å²) in [5.41, 5.74) is 3.70. The van der Waals surface area contributed by atoms with E-state index in [0.29, 0.717) is 18.9 Å². The molecule has 3 N–H and O–H groups in total. The van der Waals surface area contributed by atoms with Gasteiger partial charge >= 0.3 is 0 Å². The largest absolute Gasteiger partial charge is 0.387 e. The van der Waals surface area contributed by atoms with Crippen LogP contribution in [0.25, 0.3) is 0 Å². The van der Waals surface area contributed by atoms with Gasteiger partial charge in [-0.1, -0.05) is 54.6 Å². The van der Waals surface area contributed by atoms with Crippen LogP contribution in [0.2, 0.25) is 0 Å². The van der Waals surface area contributed by atoms with Crippen molar-refractivity contribution < 1.29 is 14.3 Å². The number of aliphatic hydroxyl groups is 1. The van der Waals surface area contributed by atoms with Crippen LogP contribution < -0.4 is 10.6 Å². The lowest BCUT2D eigenvalue weighted by atomic mass is 10.1. The first-order valence-corrected chi connectivity index (χ1v) is 11.6. The number of amides is 1. The second-order valence-corrected chi connectivity index (χ2v) is 8.40. The summed E-state index contributed by atoms with van der Waals surface area (Å²) in [5.74, 6) is 0.219. The highest BCUT2D eigenvalue weighted by atomic mass is 19.1. The third-order valence-electron chi connectivity index (χ3n) is 5.74. The van der Waals surface area contributed by atoms with E-state index in [0.717, 1.165) is 35.3 Å². The van der Waals surface area contributed by atoms with Crippen LogP contribution in [-0.2, 0) is 24.2 Å². The summed E-state index contributed by atoms with van der Waals surface area (Å²) in [6, 6.07) is 23.6. The lowest BCUT2D eigenvalue weighted by Crippen LogP contribution is -2.23. The number of carbonyl (C=O) groups is 1. The van der Waals surface area contributed by atoms with Crippen LogP contribution in [0.15, 0.2) is 91.3 Å². The molecular formula is C28H29FN4O2. The SMILES string of the molecule is O=C(Cc1nccn1Cc1ccc(F)cc1)Nc1ccc(CCNC[C@H](O)c2ccccc2)cc1. The van der Waals surface area contributed by atoms with Crippen LogP contribution in [0.3, 0.4) is 0 Å². The minimum Gasteiger partial charge on any atom is -0.387 e. The van der Waals surface area contributed by atoms with Crippen molar-refractivity contribution in [1.29, 1.82) is 0 Å². The van der Waals surface area contributed by atoms with Crippen molar-refractivity contribution in [3.8, 4) is 0 Å². The van der Waals surface area contributed by atoms with Gasteiger partial charge in [-0.05, 0) is 53.9 Å². The average Bonchev–Trinajstić information content (AvgIpc) is 3.30. The molecule has 180 valence electrons. The van der Waals surface area contributed by atoms with Gasteiger partial charge in [0.1, 0.15) is 11.6 Å². The molecule has 0 bridgehead atoms. The number of aromatic nitrogens is 2. The van der Waals surface area contributed by atoms with Crippen LogP contribution in [0, 0.1) is 5.82 Å². The fourth-order valence-electron chi connectivity index (χ4n) is 3.81. The maximum absolute atomic E-state index is 13.1. The number of aliphatic hydroxyl groups excluding tert-OH is 1. The zero-order chi connectivity index (χ0) is 24.5. The predicted octanol–water partition coefficient (Wildman–Crippen LogP) is 4.12. The normalized spacial score (nSPS) is 11.8. The van der Waals surface area contributed by atoms with Crippen molar-refractivity contribution in [2.45, 2.75) is 25.5 Å². The molecule has 4 aromatic rings. The monoisotopic (exact) mass is 472 g/mol. The second-order valence-electron chi connectivity index (χ2n) is 8.40. The van der Waals surface area contributed by atoms with Gasteiger partial charge in [-0.15, -0.1) is 0 Å². The number of rotatable bonds is 11. The van der Waals surface area contributed by atoms with Gasteiger partial charge in [0.2, 0.25) is 5.91 Å². The van der Waals surface area contributed by atoms with E-state index in [9.17, 15) is 14.3 Å². The van der Waals surface area contributed by atoms with Crippen molar-refractivity contribution in [2.75, 3.05) is 18.4 Å². The van der Waals surface area contributed by atoms with Crippen molar-refractivity contribution in [3.63, 3.8) is 0 Å². The number of hydrogen-bond acceptors (Lipinski definition) is 4. The molecule has 0 saturated carbocycles. The second kappa shape index (κ2) is 12.1. The summed E-state index contributed by atoms with van der Waals surface area (Å²) in [5, 5.41) is 16.4. The van der Waals surface area contributed by atoms with Crippen LogP contribution >= 0.6 is 0 Å². The van der Waals surface area contributed by atoms with Crippen LogP contribution in [-0.4, -0.2) is 33.7 Å². The zero-order valence-corrected chi connectivity index (χ0v) is 19.4. The molecule has 1 heterocycles. The van der Waals surface area contributed by atoms with Gasteiger partial charge in [0.25, 0.3) is 0 Å². The number of carbonyl (C=O) groups excluding carboxylic acids is 1. The van der Waals surface area contributed by atoms with Crippen LogP contribution in [0.1, 0.15) is 28.6 Å². The Hall–Kier alpha value is -3.81. The Morgan fingerprint density at radius 2 is 1.69 bits per heavy atom. The first-order chi connectivity index (χ1) is 17.1. The first kappa shape index (κ1) is 24.3. The molecule has 0 aliphatic rings. The molecule has 3 aromatic carbocycles. The number of benzene rings is 3. The lowest BCUT2D eigenvalue weighted by molar-refractivity contribution is -0.115. The summed E-state index contributed by atoms with van der Waals surface area (Å²) in [6.07, 6.45) is 3.90. The van der Waals surface area contributed by atoms with E-state index >= 15 is 0 Å². The van der Waals surface area contributed by atoms with Crippen molar-refractivity contribution >= 4 is 11.6 Å². The summed E-state index contributed by atoms with van der Waals surface area (Å²) < 4.78 is 15.0. The van der Waals surface area contributed by atoms with E-state index in [1.54, 1.807) is 18.3 Å². The molecule has 0 spiro atoms. The van der Waals surface area contributed by atoms with E-state index in [4.69, 9.17) is 0 Å². The maximum atomic E-state index is 13.1. The molecule has 0 radical (unpaired) electrons. The van der Waals surface area contributed by atoms with Gasteiger partial charge in [-0.25, -0.2) is 9.37 Å². The summed E-state index contributed by atoms with van der Waals surface area (Å²) in [7, 11) is 0. The number of hydrogen-bond donors (Lipinski definition) is 3. The number of nitrogens with zero attached hydrogens (tertiary/aromatic N) is 2. The Bertz CT molecular complexity index is 1210. The molecule has 0 saturated heterocycles. The highest BCUT2D eigenvalue weighted by Gasteiger charge is 2.11. The van der Waals surface area contributed by atoms with Crippen LogP contribution in [0.4, 0.5) is 10.1 Å². The molecule has 0 fully saturated rings. The quantitative estimate of drug-likeness (QED) is 0.287. The summed E-state index contributed by atoms with van der Waals surface area (Å²) in [6.45, 7) is 1.76. The van der Waals surface area contributed by atoms with Gasteiger partial charge in [-0.3, -0.25) is 4.79 Å². The Morgan fingerprint density at radius 1 is 0.971 bits per heavy atom.